The lowest BCUT2D eigenvalue weighted by molar-refractivity contribution is -0.156. The second-order valence-electron chi connectivity index (χ2n) is 6.78. The van der Waals surface area contributed by atoms with Crippen LogP contribution >= 0.6 is 0 Å². The summed E-state index contributed by atoms with van der Waals surface area (Å²) in [7, 11) is 1.92. The van der Waals surface area contributed by atoms with Crippen LogP contribution in [0, 0.1) is 0 Å². The Morgan fingerprint density at radius 1 is 1.10 bits per heavy atom. The lowest BCUT2D eigenvalue weighted by Gasteiger charge is -2.16. The third kappa shape index (κ3) is 5.73. The van der Waals surface area contributed by atoms with Crippen LogP contribution < -0.4 is 9.64 Å². The standard InChI is InChI=1S/C23H28N2O5/c1-4-27-21(22(26)28-5-2)16-17-10-12-18(13-11-17)29-15-14-25(3)23-24-19-8-6-7-9-20(19)30-23/h6-13,21H,4-5,14-16H2,1-3H3. The van der Waals surface area contributed by atoms with E-state index in [0.29, 0.717) is 38.8 Å². The molecule has 0 aliphatic heterocycles. The number of oxazole rings is 1. The largest absolute Gasteiger partial charge is 0.492 e. The van der Waals surface area contributed by atoms with Crippen LogP contribution in [-0.2, 0) is 20.7 Å². The van der Waals surface area contributed by atoms with Crippen molar-refractivity contribution in [2.24, 2.45) is 0 Å². The van der Waals surface area contributed by atoms with E-state index in [1.54, 1.807) is 6.92 Å². The van der Waals surface area contributed by atoms with Crippen molar-refractivity contribution in [2.45, 2.75) is 26.4 Å². The quantitative estimate of drug-likeness (QED) is 0.443. The van der Waals surface area contributed by atoms with Gasteiger partial charge in [0.05, 0.1) is 13.2 Å². The van der Waals surface area contributed by atoms with Gasteiger partial charge in [-0.15, -0.1) is 0 Å². The fraction of sp³-hybridized carbons (Fsp3) is 0.391. The summed E-state index contributed by atoms with van der Waals surface area (Å²) in [6.45, 7) is 5.56. The van der Waals surface area contributed by atoms with Crippen molar-refractivity contribution >= 4 is 23.1 Å². The van der Waals surface area contributed by atoms with Gasteiger partial charge in [-0.2, -0.15) is 4.98 Å². The highest BCUT2D eigenvalue weighted by molar-refractivity contribution is 5.75. The van der Waals surface area contributed by atoms with Crippen LogP contribution in [0.3, 0.4) is 0 Å². The molecule has 0 N–H and O–H groups in total. The van der Waals surface area contributed by atoms with Gasteiger partial charge >= 0.3 is 5.97 Å². The van der Waals surface area contributed by atoms with E-state index in [1.165, 1.54) is 0 Å². The number of aromatic nitrogens is 1. The molecule has 0 aliphatic rings. The Kier molecular flexibility index (Phi) is 7.68. The lowest BCUT2D eigenvalue weighted by Crippen LogP contribution is -2.29. The maximum atomic E-state index is 12.0. The topological polar surface area (TPSA) is 74.0 Å². The Hall–Kier alpha value is -3.06. The summed E-state index contributed by atoms with van der Waals surface area (Å²) >= 11 is 0. The van der Waals surface area contributed by atoms with Gasteiger partial charge in [0.25, 0.3) is 6.01 Å². The van der Waals surface area contributed by atoms with E-state index in [2.05, 4.69) is 4.98 Å². The number of likely N-dealkylation sites (N-methyl/N-ethyl adjacent to an activating group) is 1. The fourth-order valence-corrected chi connectivity index (χ4v) is 3.00. The van der Waals surface area contributed by atoms with Gasteiger partial charge in [-0.25, -0.2) is 4.79 Å². The van der Waals surface area contributed by atoms with Crippen molar-refractivity contribution in [1.29, 1.82) is 0 Å². The Labute approximate surface area is 176 Å². The van der Waals surface area contributed by atoms with E-state index in [9.17, 15) is 4.79 Å². The summed E-state index contributed by atoms with van der Waals surface area (Å²) in [5.74, 6) is 0.427. The predicted molar refractivity (Wildman–Crippen MR) is 115 cm³/mol. The van der Waals surface area contributed by atoms with Crippen LogP contribution in [-0.4, -0.2) is 50.5 Å². The fourth-order valence-electron chi connectivity index (χ4n) is 3.00. The van der Waals surface area contributed by atoms with Crippen molar-refractivity contribution in [3.63, 3.8) is 0 Å². The molecule has 0 saturated carbocycles. The number of carbonyl (C=O) groups excluding carboxylic acids is 1. The second kappa shape index (κ2) is 10.6. The van der Waals surface area contributed by atoms with Gasteiger partial charge in [0.1, 0.15) is 17.9 Å². The summed E-state index contributed by atoms with van der Waals surface area (Å²) < 4.78 is 22.2. The smallest absolute Gasteiger partial charge is 0.335 e. The molecule has 3 aromatic rings. The van der Waals surface area contributed by atoms with E-state index in [4.69, 9.17) is 18.6 Å². The monoisotopic (exact) mass is 412 g/mol. The number of nitrogens with zero attached hydrogens (tertiary/aromatic N) is 2. The predicted octanol–water partition coefficient (Wildman–Crippen LogP) is 3.85. The molecule has 0 aliphatic carbocycles. The average Bonchev–Trinajstić information content (AvgIpc) is 3.19. The van der Waals surface area contributed by atoms with Crippen molar-refractivity contribution in [3.8, 4) is 5.75 Å². The molecule has 0 bridgehead atoms. The first-order valence-electron chi connectivity index (χ1n) is 10.2. The molecule has 1 unspecified atom stereocenters. The van der Waals surface area contributed by atoms with E-state index in [-0.39, 0.29) is 5.97 Å². The molecule has 2 aromatic carbocycles. The molecule has 0 radical (unpaired) electrons. The summed E-state index contributed by atoms with van der Waals surface area (Å²) in [6.07, 6.45) is -0.125. The van der Waals surface area contributed by atoms with Crippen LogP contribution in [0.25, 0.3) is 11.1 Å². The second-order valence-corrected chi connectivity index (χ2v) is 6.78. The summed E-state index contributed by atoms with van der Waals surface area (Å²) in [4.78, 5) is 18.4. The third-order valence-corrected chi connectivity index (χ3v) is 4.57. The first-order chi connectivity index (χ1) is 14.6. The zero-order chi connectivity index (χ0) is 21.3. The highest BCUT2D eigenvalue weighted by Gasteiger charge is 2.20. The maximum absolute atomic E-state index is 12.0. The molecule has 0 amide bonds. The Morgan fingerprint density at radius 2 is 1.87 bits per heavy atom. The minimum absolute atomic E-state index is 0.332. The van der Waals surface area contributed by atoms with Crippen molar-refractivity contribution in [3.05, 3.63) is 54.1 Å². The number of esters is 1. The van der Waals surface area contributed by atoms with Gasteiger partial charge in [0.15, 0.2) is 11.7 Å². The molecule has 1 heterocycles. The Bertz CT molecular complexity index is 905. The number of rotatable bonds is 11. The van der Waals surface area contributed by atoms with Gasteiger partial charge in [0, 0.05) is 20.1 Å². The molecule has 3 rings (SSSR count). The molecule has 0 spiro atoms. The molecular weight excluding hydrogens is 384 g/mol. The van der Waals surface area contributed by atoms with E-state index in [1.807, 2.05) is 67.4 Å². The average molecular weight is 412 g/mol. The normalized spacial score (nSPS) is 12.0. The zero-order valence-electron chi connectivity index (χ0n) is 17.7. The highest BCUT2D eigenvalue weighted by Crippen LogP contribution is 2.21. The van der Waals surface area contributed by atoms with Crippen LogP contribution in [0.1, 0.15) is 19.4 Å². The number of benzene rings is 2. The number of fused-ring (bicyclic) bond motifs is 1. The van der Waals surface area contributed by atoms with Gasteiger partial charge in [0.2, 0.25) is 0 Å². The minimum Gasteiger partial charge on any atom is -0.492 e. The number of ether oxygens (including phenoxy) is 3. The zero-order valence-corrected chi connectivity index (χ0v) is 17.7. The Balaban J connectivity index is 1.49. The first-order valence-corrected chi connectivity index (χ1v) is 10.2. The molecular formula is C23H28N2O5. The van der Waals surface area contributed by atoms with Crippen LogP contribution in [0.5, 0.6) is 5.75 Å². The van der Waals surface area contributed by atoms with E-state index >= 15 is 0 Å². The van der Waals surface area contributed by atoms with Gasteiger partial charge < -0.3 is 23.5 Å². The van der Waals surface area contributed by atoms with Crippen molar-refractivity contribution in [1.82, 2.24) is 4.98 Å². The SMILES string of the molecule is CCOC(=O)C(Cc1ccc(OCCN(C)c2nc3ccccc3o2)cc1)OCC. The molecule has 0 saturated heterocycles. The number of hydrogen-bond donors (Lipinski definition) is 0. The van der Waals surface area contributed by atoms with Crippen LogP contribution in [0.2, 0.25) is 0 Å². The summed E-state index contributed by atoms with van der Waals surface area (Å²) in [5, 5.41) is 0. The summed E-state index contributed by atoms with van der Waals surface area (Å²) in [6, 6.07) is 15.9. The number of anilines is 1. The van der Waals surface area contributed by atoms with E-state index in [0.717, 1.165) is 22.4 Å². The maximum Gasteiger partial charge on any atom is 0.335 e. The highest BCUT2D eigenvalue weighted by atomic mass is 16.6. The lowest BCUT2D eigenvalue weighted by atomic mass is 10.1. The summed E-state index contributed by atoms with van der Waals surface area (Å²) in [5.41, 5.74) is 2.59. The van der Waals surface area contributed by atoms with Gasteiger partial charge in [-0.3, -0.25) is 0 Å². The molecule has 7 nitrogen and oxygen atoms in total. The molecule has 30 heavy (non-hydrogen) atoms. The van der Waals surface area contributed by atoms with Crippen LogP contribution in [0.15, 0.2) is 52.9 Å². The minimum atomic E-state index is -0.591. The molecule has 7 heteroatoms. The molecule has 1 aromatic heterocycles. The van der Waals surface area contributed by atoms with Gasteiger partial charge in [-0.05, 0) is 43.7 Å². The number of carbonyl (C=O) groups is 1. The first kappa shape index (κ1) is 21.6. The molecule has 0 fully saturated rings. The van der Waals surface area contributed by atoms with Crippen LogP contribution in [0.4, 0.5) is 6.01 Å². The van der Waals surface area contributed by atoms with E-state index < -0.39 is 6.10 Å². The number of para-hydroxylation sites is 2. The Morgan fingerprint density at radius 3 is 2.57 bits per heavy atom. The molecule has 160 valence electrons. The van der Waals surface area contributed by atoms with Crippen molar-refractivity contribution in [2.75, 3.05) is 38.3 Å². The van der Waals surface area contributed by atoms with Gasteiger partial charge in [-0.1, -0.05) is 24.3 Å². The third-order valence-electron chi connectivity index (χ3n) is 4.57. The number of hydrogen-bond acceptors (Lipinski definition) is 7. The molecule has 1 atom stereocenters. The van der Waals surface area contributed by atoms with Crippen molar-refractivity contribution < 1.29 is 23.4 Å².